The first-order chi connectivity index (χ1) is 0. The van der Waals surface area contributed by atoms with Crippen molar-refractivity contribution in [3.05, 3.63) is 0 Å². The largest absolute Gasteiger partial charge is 0.316 e. The number of hydrogen-bond donors (Lipinski definition) is 0. The first-order valence-corrected chi connectivity index (χ1v) is 0. The molecule has 0 rings (SSSR count). The van der Waals surface area contributed by atoms with Gasteiger partial charge in [-0.05, 0) is 0 Å². The van der Waals surface area contributed by atoms with Crippen molar-refractivity contribution in [3.63, 3.8) is 0 Å². The summed E-state index contributed by atoms with van der Waals surface area (Å²) in [7, 11) is 0. The van der Waals surface area contributed by atoms with Gasteiger partial charge in [-0.15, -0.1) is 0 Å². The summed E-state index contributed by atoms with van der Waals surface area (Å²) in [6.07, 6.45) is 0. The molecule has 5 heteroatoms. The minimum absolute atomic E-state index is 0. The van der Waals surface area contributed by atoms with Crippen LogP contribution in [0.5, 0.6) is 0 Å². The molecule has 0 aromatic carbocycles. The zero-order valence-electron chi connectivity index (χ0n) is 1.49. The van der Waals surface area contributed by atoms with Crippen molar-refractivity contribution in [2.45, 2.75) is 0 Å². The summed E-state index contributed by atoms with van der Waals surface area (Å²) >= 11 is 0. The second kappa shape index (κ2) is 30.1. The van der Waals surface area contributed by atoms with Gasteiger partial charge in [0.15, 0.2) is 0 Å². The Hall–Kier alpha value is 2.66. The van der Waals surface area contributed by atoms with Crippen molar-refractivity contribution in [1.82, 2.24) is 0 Å². The molecule has 0 aliphatic heterocycles. The van der Waals surface area contributed by atoms with E-state index >= 15 is 0 Å². The Morgan fingerprint density at radius 3 is 1.00 bits per heavy atom. The zero-order valence-corrected chi connectivity index (χ0v) is 7.65. The Bertz CT molecular complexity index is 11.6. The van der Waals surface area contributed by atoms with E-state index in [0.717, 1.165) is 0 Å². The maximum absolute atomic E-state index is 0. The van der Waals surface area contributed by atoms with Crippen LogP contribution in [-0.2, 0) is 57.6 Å². The van der Waals surface area contributed by atoms with Crippen molar-refractivity contribution in [2.75, 3.05) is 0 Å². The molecule has 0 unspecified atom stereocenters. The van der Waals surface area contributed by atoms with Gasteiger partial charge in [0.25, 0.3) is 0 Å². The van der Waals surface area contributed by atoms with Gasteiger partial charge in [0.2, 0.25) is 0 Å². The fraction of sp³-hybridized carbons (Fsp3) is 0. The van der Waals surface area contributed by atoms with Crippen LogP contribution in [0.4, 0.5) is 0 Å². The van der Waals surface area contributed by atoms with E-state index < -0.39 is 0 Å². The molecule has 0 heterocycles. The Morgan fingerprint density at radius 2 is 1.00 bits per heavy atom. The van der Waals surface area contributed by atoms with E-state index in [-0.39, 0.29) is 89.1 Å². The first-order valence-electron chi connectivity index (χ1n) is 0. The molecule has 0 fully saturated rings. The third-order valence-corrected chi connectivity index (χ3v) is 0. The van der Waals surface area contributed by atoms with Gasteiger partial charge < -0.3 is 0 Å². The third-order valence-electron chi connectivity index (χ3n) is 0. The molecule has 0 saturated carbocycles. The number of rotatable bonds is 0. The summed E-state index contributed by atoms with van der Waals surface area (Å²) in [5, 5.41) is 0. The van der Waals surface area contributed by atoms with Crippen molar-refractivity contribution >= 4 is 31.5 Å². The van der Waals surface area contributed by atoms with Gasteiger partial charge in [0, 0.05) is 57.6 Å². The second-order valence-electron chi connectivity index (χ2n) is 0. The molecule has 0 atom stereocenters. The summed E-state index contributed by atoms with van der Waals surface area (Å²) in [5.74, 6) is 0. The van der Waals surface area contributed by atoms with Crippen LogP contribution in [0, 0.1) is 0 Å². The standard InChI is InChI=1S/BH3.Mg.Mn.Mo.Zn.2H/h1H3;;;;;;. The van der Waals surface area contributed by atoms with Gasteiger partial charge in [-0.2, -0.15) is 0 Å². The van der Waals surface area contributed by atoms with E-state index in [1.807, 2.05) is 0 Å². The SMILES string of the molecule is B.[MgH2].[Mn].[Mo].[Zn]. The first kappa shape index (κ1) is 48.0. The maximum atomic E-state index is 0. The van der Waals surface area contributed by atoms with E-state index in [4.69, 9.17) is 0 Å². The van der Waals surface area contributed by atoms with Crippen LogP contribution in [-0.4, -0.2) is 31.5 Å². The van der Waals surface area contributed by atoms with Gasteiger partial charge in [-0.25, -0.2) is 0 Å². The van der Waals surface area contributed by atoms with Crippen molar-refractivity contribution in [3.8, 4) is 0 Å². The third kappa shape index (κ3) is 20.4. The molecule has 25 valence electrons. The molecule has 0 aliphatic carbocycles. The summed E-state index contributed by atoms with van der Waals surface area (Å²) in [6.45, 7) is 0. The predicted octanol–water partition coefficient (Wildman–Crippen LogP) is -2.11. The van der Waals surface area contributed by atoms with E-state index in [0.29, 0.717) is 0 Å². The van der Waals surface area contributed by atoms with Gasteiger partial charge in [0.05, 0.1) is 8.41 Å². The molecular formula is H5BMgMnMoZn. The minimum atomic E-state index is 0. The van der Waals surface area contributed by atoms with Crippen LogP contribution < -0.4 is 0 Å². The Labute approximate surface area is 87.8 Å². The molecule has 0 N–H and O–H groups in total. The second-order valence-corrected chi connectivity index (χ2v) is 0. The van der Waals surface area contributed by atoms with Crippen molar-refractivity contribution in [1.29, 1.82) is 0 Å². The average molecular weight is 256 g/mol. The summed E-state index contributed by atoms with van der Waals surface area (Å²) in [4.78, 5) is 0. The summed E-state index contributed by atoms with van der Waals surface area (Å²) < 4.78 is 0. The molecule has 0 saturated heterocycles. The van der Waals surface area contributed by atoms with Crippen LogP contribution >= 0.6 is 0 Å². The normalized spacial score (nSPS) is 0. The molecular weight excluding hydrogens is 251 g/mol. The van der Waals surface area contributed by atoms with Gasteiger partial charge >= 0.3 is 23.1 Å². The average Bonchev–Trinajstić information content (AvgIpc) is 0. The quantitative estimate of drug-likeness (QED) is 0.435. The molecule has 0 aromatic rings. The number of hydrogen-bond acceptors (Lipinski definition) is 0. The maximum Gasteiger partial charge on any atom is 0.316 e. The van der Waals surface area contributed by atoms with Gasteiger partial charge in [-0.3, -0.25) is 0 Å². The van der Waals surface area contributed by atoms with E-state index in [1.165, 1.54) is 0 Å². The molecule has 5 heavy (non-hydrogen) atoms. The van der Waals surface area contributed by atoms with Crippen LogP contribution in [0.15, 0.2) is 0 Å². The molecule has 0 bridgehead atoms. The topological polar surface area (TPSA) is 0 Å². The van der Waals surface area contributed by atoms with E-state index in [2.05, 4.69) is 0 Å². The van der Waals surface area contributed by atoms with Gasteiger partial charge in [-0.1, -0.05) is 0 Å². The molecule has 0 aliphatic rings. The van der Waals surface area contributed by atoms with Crippen molar-refractivity contribution in [2.24, 2.45) is 0 Å². The Kier molecular flexibility index (Phi) is 289. The Morgan fingerprint density at radius 1 is 1.00 bits per heavy atom. The monoisotopic (exact) mass is 257 g/mol. The minimum Gasteiger partial charge on any atom is 0 e. The van der Waals surface area contributed by atoms with E-state index in [1.54, 1.807) is 0 Å². The molecule has 0 spiro atoms. The van der Waals surface area contributed by atoms with Crippen LogP contribution in [0.1, 0.15) is 0 Å². The predicted molar refractivity (Wildman–Crippen MR) is 18.5 cm³/mol. The Balaban J connectivity index is 0. The summed E-state index contributed by atoms with van der Waals surface area (Å²) in [5.41, 5.74) is 0. The molecule has 0 nitrogen and oxygen atoms in total. The fourth-order valence-electron chi connectivity index (χ4n) is 0. The van der Waals surface area contributed by atoms with Gasteiger partial charge in [0.1, 0.15) is 0 Å². The van der Waals surface area contributed by atoms with Crippen LogP contribution in [0.25, 0.3) is 0 Å². The van der Waals surface area contributed by atoms with E-state index in [9.17, 15) is 0 Å². The fourth-order valence-corrected chi connectivity index (χ4v) is 0. The molecule has 0 amide bonds. The molecule has 0 aromatic heterocycles. The summed E-state index contributed by atoms with van der Waals surface area (Å²) in [6, 6.07) is 0. The van der Waals surface area contributed by atoms with Crippen molar-refractivity contribution < 1.29 is 57.6 Å². The van der Waals surface area contributed by atoms with Crippen LogP contribution in [0.3, 0.4) is 0 Å². The van der Waals surface area contributed by atoms with Crippen LogP contribution in [0.2, 0.25) is 0 Å². The molecule has 1 radical (unpaired) electrons. The zero-order chi connectivity index (χ0) is 0. The smallest absolute Gasteiger partial charge is 0 e.